The van der Waals surface area contributed by atoms with E-state index in [1.807, 2.05) is 6.92 Å². The molecule has 0 aliphatic heterocycles. The summed E-state index contributed by atoms with van der Waals surface area (Å²) in [6.07, 6.45) is -4.82. The first-order chi connectivity index (χ1) is 13.8. The molecule has 154 valence electrons. The van der Waals surface area contributed by atoms with Crippen LogP contribution in [0.25, 0.3) is 22.2 Å². The van der Waals surface area contributed by atoms with Crippen LogP contribution in [-0.2, 0) is 6.54 Å². The monoisotopic (exact) mass is 424 g/mol. The number of alkyl halides is 3. The van der Waals surface area contributed by atoms with Crippen LogP contribution in [0.1, 0.15) is 6.92 Å². The summed E-state index contributed by atoms with van der Waals surface area (Å²) in [6, 6.07) is 10.4. The molecule has 0 bridgehead atoms. The zero-order chi connectivity index (χ0) is 21.0. The smallest absolute Gasteiger partial charge is 0.494 e. The van der Waals surface area contributed by atoms with Crippen LogP contribution >= 0.6 is 11.8 Å². The fourth-order valence-electron chi connectivity index (χ4n) is 2.97. The van der Waals surface area contributed by atoms with E-state index >= 15 is 0 Å². The third-order valence-electron chi connectivity index (χ3n) is 4.15. The van der Waals surface area contributed by atoms with E-state index in [2.05, 4.69) is 9.84 Å². The topological polar surface area (TPSA) is 53.4 Å². The molecule has 1 heterocycles. The molecule has 3 rings (SSSR count). The summed E-state index contributed by atoms with van der Waals surface area (Å²) in [5.41, 5.74) is 0.476. The number of aryl methyl sites for hydroxylation is 1. The summed E-state index contributed by atoms with van der Waals surface area (Å²) in [5, 5.41) is 4.85. The minimum absolute atomic E-state index is 0.0554. The van der Waals surface area contributed by atoms with E-state index in [4.69, 9.17) is 4.74 Å². The average molecular weight is 424 g/mol. The Balaban J connectivity index is 2.17. The van der Waals surface area contributed by atoms with E-state index in [1.165, 1.54) is 25.3 Å². The van der Waals surface area contributed by atoms with Crippen molar-refractivity contribution in [3.63, 3.8) is 0 Å². The first-order valence-electron chi connectivity index (χ1n) is 8.85. The summed E-state index contributed by atoms with van der Waals surface area (Å²) >= 11 is 1.71. The zero-order valence-electron chi connectivity index (χ0n) is 15.8. The molecule has 0 aliphatic carbocycles. The highest BCUT2D eigenvalue weighted by Crippen LogP contribution is 2.28. The molecule has 0 fully saturated rings. The number of aromatic nitrogens is 2. The Hall–Kier alpha value is -2.68. The van der Waals surface area contributed by atoms with Gasteiger partial charge in [-0.15, -0.1) is 13.2 Å². The maximum absolute atomic E-state index is 13.1. The lowest BCUT2D eigenvalue weighted by molar-refractivity contribution is -0.274. The van der Waals surface area contributed by atoms with Crippen LogP contribution in [0.2, 0.25) is 0 Å². The van der Waals surface area contributed by atoms with Gasteiger partial charge in [-0.25, -0.2) is 0 Å². The summed E-state index contributed by atoms with van der Waals surface area (Å²) in [5.74, 6) is 1.79. The first-order valence-corrected chi connectivity index (χ1v) is 10.0. The standard InChI is InChI=1S/C20H19F3N2O3S/c1-3-29-11-10-25-18-15(8-5-9-16(18)27-2)19(26)17(24-25)13-6-4-7-14(12-13)28-20(21,22)23/h4-9,12H,3,10-11H2,1-2H3. The average Bonchev–Trinajstić information content (AvgIpc) is 2.68. The van der Waals surface area contributed by atoms with Crippen LogP contribution in [0.3, 0.4) is 0 Å². The number of hydrogen-bond acceptors (Lipinski definition) is 5. The third kappa shape index (κ3) is 4.84. The van der Waals surface area contributed by atoms with Gasteiger partial charge >= 0.3 is 6.36 Å². The number of hydrogen-bond donors (Lipinski definition) is 0. The zero-order valence-corrected chi connectivity index (χ0v) is 16.6. The summed E-state index contributed by atoms with van der Waals surface area (Å²) in [7, 11) is 1.51. The maximum atomic E-state index is 13.1. The highest BCUT2D eigenvalue weighted by atomic mass is 32.2. The molecule has 2 aromatic carbocycles. The first kappa shape index (κ1) is 21.0. The minimum atomic E-state index is -4.82. The fourth-order valence-corrected chi connectivity index (χ4v) is 3.56. The van der Waals surface area contributed by atoms with Crippen LogP contribution in [0, 0.1) is 0 Å². The van der Waals surface area contributed by atoms with E-state index in [1.54, 1.807) is 34.6 Å². The van der Waals surface area contributed by atoms with Crippen LogP contribution in [0.4, 0.5) is 13.2 Å². The predicted molar refractivity (Wildman–Crippen MR) is 108 cm³/mol. The van der Waals surface area contributed by atoms with E-state index in [0.717, 1.165) is 17.6 Å². The molecule has 0 spiro atoms. The Kier molecular flexibility index (Phi) is 6.36. The molecule has 0 amide bonds. The predicted octanol–water partition coefficient (Wildman–Crippen LogP) is 4.72. The molecule has 29 heavy (non-hydrogen) atoms. The van der Waals surface area contributed by atoms with E-state index < -0.39 is 12.1 Å². The van der Waals surface area contributed by atoms with Crippen LogP contribution in [-0.4, -0.2) is 34.8 Å². The van der Waals surface area contributed by atoms with Crippen molar-refractivity contribution in [3.05, 3.63) is 52.7 Å². The molecule has 0 radical (unpaired) electrons. The van der Waals surface area contributed by atoms with Gasteiger partial charge in [-0.2, -0.15) is 16.9 Å². The quantitative estimate of drug-likeness (QED) is 0.514. The molecule has 0 atom stereocenters. The Bertz CT molecular complexity index is 1070. The van der Waals surface area contributed by atoms with Gasteiger partial charge < -0.3 is 9.47 Å². The molecule has 0 saturated carbocycles. The fraction of sp³-hybridized carbons (Fsp3) is 0.300. The number of thioether (sulfide) groups is 1. The van der Waals surface area contributed by atoms with Crippen molar-refractivity contribution in [2.24, 2.45) is 0 Å². The van der Waals surface area contributed by atoms with Gasteiger partial charge in [-0.05, 0) is 30.0 Å². The van der Waals surface area contributed by atoms with Crippen LogP contribution < -0.4 is 14.9 Å². The minimum Gasteiger partial charge on any atom is -0.494 e. The lowest BCUT2D eigenvalue weighted by Crippen LogP contribution is -2.19. The number of methoxy groups -OCH3 is 1. The molecular formula is C20H19F3N2O3S. The van der Waals surface area contributed by atoms with Crippen molar-refractivity contribution in [1.82, 2.24) is 9.78 Å². The number of para-hydroxylation sites is 1. The van der Waals surface area contributed by atoms with Crippen molar-refractivity contribution in [1.29, 1.82) is 0 Å². The SMILES string of the molecule is CCSCCn1nc(-c2cccc(OC(F)(F)F)c2)c(=O)c2cccc(OC)c21. The third-order valence-corrected chi connectivity index (χ3v) is 5.03. The van der Waals surface area contributed by atoms with E-state index in [-0.39, 0.29) is 16.7 Å². The molecule has 3 aromatic rings. The number of rotatable bonds is 7. The Labute approximate surface area is 169 Å². The van der Waals surface area contributed by atoms with Crippen molar-refractivity contribution < 1.29 is 22.6 Å². The van der Waals surface area contributed by atoms with Gasteiger partial charge in [0.1, 0.15) is 22.7 Å². The van der Waals surface area contributed by atoms with Crippen molar-refractivity contribution >= 4 is 22.7 Å². The van der Waals surface area contributed by atoms with Gasteiger partial charge in [0.2, 0.25) is 5.43 Å². The largest absolute Gasteiger partial charge is 0.573 e. The van der Waals surface area contributed by atoms with E-state index in [0.29, 0.717) is 23.2 Å². The molecule has 1 aromatic heterocycles. The van der Waals surface area contributed by atoms with Gasteiger partial charge in [0.15, 0.2) is 0 Å². The van der Waals surface area contributed by atoms with Gasteiger partial charge in [-0.3, -0.25) is 9.48 Å². The molecular weight excluding hydrogens is 405 g/mol. The molecule has 9 heteroatoms. The second-order valence-corrected chi connectivity index (χ2v) is 7.42. The lowest BCUT2D eigenvalue weighted by Gasteiger charge is -2.15. The second-order valence-electron chi connectivity index (χ2n) is 6.03. The molecule has 0 saturated heterocycles. The Morgan fingerprint density at radius 1 is 1.17 bits per heavy atom. The highest BCUT2D eigenvalue weighted by molar-refractivity contribution is 7.99. The molecule has 5 nitrogen and oxygen atoms in total. The van der Waals surface area contributed by atoms with Gasteiger partial charge in [0.05, 0.1) is 19.0 Å². The molecule has 0 N–H and O–H groups in total. The Morgan fingerprint density at radius 3 is 2.62 bits per heavy atom. The number of benzene rings is 2. The van der Waals surface area contributed by atoms with Gasteiger partial charge in [0.25, 0.3) is 0 Å². The number of ether oxygens (including phenoxy) is 2. The van der Waals surface area contributed by atoms with Gasteiger partial charge in [-0.1, -0.05) is 25.1 Å². The summed E-state index contributed by atoms with van der Waals surface area (Å²) in [6.45, 7) is 2.56. The maximum Gasteiger partial charge on any atom is 0.573 e. The van der Waals surface area contributed by atoms with Crippen LogP contribution in [0.5, 0.6) is 11.5 Å². The van der Waals surface area contributed by atoms with Crippen molar-refractivity contribution in [2.45, 2.75) is 19.8 Å². The van der Waals surface area contributed by atoms with Crippen LogP contribution in [0.15, 0.2) is 47.3 Å². The number of nitrogens with zero attached hydrogens (tertiary/aromatic N) is 2. The summed E-state index contributed by atoms with van der Waals surface area (Å²) < 4.78 is 48.7. The second kappa shape index (κ2) is 8.77. The molecule has 0 aliphatic rings. The van der Waals surface area contributed by atoms with Crippen molar-refractivity contribution in [3.8, 4) is 22.8 Å². The Morgan fingerprint density at radius 2 is 1.93 bits per heavy atom. The summed E-state index contributed by atoms with van der Waals surface area (Å²) in [4.78, 5) is 13.1. The number of halogens is 3. The normalized spacial score (nSPS) is 11.6. The highest BCUT2D eigenvalue weighted by Gasteiger charge is 2.31. The lowest BCUT2D eigenvalue weighted by atomic mass is 10.1. The number of fused-ring (bicyclic) bond motifs is 1. The van der Waals surface area contributed by atoms with Gasteiger partial charge in [0, 0.05) is 11.3 Å². The molecule has 0 unspecified atom stereocenters. The van der Waals surface area contributed by atoms with Crippen molar-refractivity contribution in [2.75, 3.05) is 18.6 Å². The van der Waals surface area contributed by atoms with E-state index in [9.17, 15) is 18.0 Å².